The van der Waals surface area contributed by atoms with Crippen molar-refractivity contribution in [2.24, 2.45) is 0 Å². The summed E-state index contributed by atoms with van der Waals surface area (Å²) in [6.07, 6.45) is 5.87. The van der Waals surface area contributed by atoms with Crippen LogP contribution in [0.25, 0.3) is 34.4 Å². The molecule has 0 saturated heterocycles. The van der Waals surface area contributed by atoms with Gasteiger partial charge in [0.2, 0.25) is 0 Å². The number of hydrogen-bond donors (Lipinski definition) is 0. The standard InChI is InChI=1S/C20H23Si.C19H21Si.C2H7Si.2ClH.Zr/c1-5-15-13-17-7-6-8-19(20(17)14-15)16-9-11-18(12-10-16)21(2,3)4;1-14-12-16-6-5-7-18(19(16)13-14)15-8-10-17(11-9-15)20(2,3)4;1-3-2;;;/h6-14H,5H2,1-4H3;5-13H,1-4H3;3H,1-2H3;2*1H;/q;;;;;+2/p-2. The molecule has 4 aromatic rings. The zero-order chi connectivity index (χ0) is 34.1. The van der Waals surface area contributed by atoms with Crippen LogP contribution in [0.2, 0.25) is 52.4 Å². The van der Waals surface area contributed by atoms with Crippen LogP contribution in [-0.4, -0.2) is 22.1 Å². The Kier molecular flexibility index (Phi) is 9.28. The van der Waals surface area contributed by atoms with E-state index in [0.717, 1.165) is 6.42 Å². The third-order valence-electron chi connectivity index (χ3n) is 11.2. The van der Waals surface area contributed by atoms with E-state index in [0.29, 0.717) is 0 Å². The van der Waals surface area contributed by atoms with Crippen LogP contribution in [-0.2, 0) is 15.6 Å². The Morgan fingerprint density at radius 2 is 1.04 bits per heavy atom. The van der Waals surface area contributed by atoms with Crippen LogP contribution >= 0.6 is 17.0 Å². The van der Waals surface area contributed by atoms with Gasteiger partial charge in [-0.15, -0.1) is 0 Å². The third-order valence-corrected chi connectivity index (χ3v) is 67.4. The molecular formula is C41H51Cl2Si3Zr. The fourth-order valence-electron chi connectivity index (χ4n) is 8.34. The van der Waals surface area contributed by atoms with Gasteiger partial charge >= 0.3 is 298 Å². The van der Waals surface area contributed by atoms with E-state index in [4.69, 9.17) is 17.0 Å². The van der Waals surface area contributed by atoms with E-state index in [1.807, 2.05) is 0 Å². The molecule has 47 heavy (non-hydrogen) atoms. The molecule has 2 aliphatic rings. The maximum absolute atomic E-state index is 8.57. The summed E-state index contributed by atoms with van der Waals surface area (Å²) in [4.78, 5) is 0. The minimum absolute atomic E-state index is 0.105. The minimum atomic E-state index is -4.75. The predicted octanol–water partition coefficient (Wildman–Crippen LogP) is 12.1. The van der Waals surface area contributed by atoms with Crippen molar-refractivity contribution < 1.29 is 15.6 Å². The number of rotatable bonds is 8. The van der Waals surface area contributed by atoms with Crippen molar-refractivity contribution >= 4 is 61.6 Å². The SMILES string of the molecule is CCC1=Cc2c(-c3ccc([Si](C)(C)C)cc3)cccc2[CH]1[Zr]([Cl])([Cl])([CH]1C(C)=Cc2c(-c3ccc([Si](C)(C)C)cc3)cccc21)[SiH](C)C. The van der Waals surface area contributed by atoms with Crippen molar-refractivity contribution in [2.45, 2.75) is 79.9 Å². The molecule has 0 aromatic heterocycles. The summed E-state index contributed by atoms with van der Waals surface area (Å²) in [6.45, 7) is 24.0. The fourth-order valence-corrected chi connectivity index (χ4v) is 43.0. The number of hydrogen-bond acceptors (Lipinski definition) is 0. The Morgan fingerprint density at radius 3 is 1.45 bits per heavy atom. The number of allylic oxidation sites excluding steroid dienone is 2. The molecule has 6 heteroatoms. The Bertz CT molecular complexity index is 1910. The van der Waals surface area contributed by atoms with Gasteiger partial charge in [-0.2, -0.15) is 0 Å². The fraction of sp³-hybridized carbons (Fsp3) is 0.317. The molecule has 2 unspecified atom stereocenters. The van der Waals surface area contributed by atoms with Gasteiger partial charge in [0, 0.05) is 0 Å². The Hall–Kier alpha value is -1.53. The molecule has 0 radical (unpaired) electrons. The van der Waals surface area contributed by atoms with E-state index in [1.165, 1.54) is 66.0 Å². The Morgan fingerprint density at radius 1 is 0.617 bits per heavy atom. The molecule has 245 valence electrons. The molecule has 0 aliphatic heterocycles. The first-order valence-electron chi connectivity index (χ1n) is 17.4. The monoisotopic (exact) mass is 787 g/mol. The zero-order valence-corrected chi connectivity index (χ0v) is 37.1. The van der Waals surface area contributed by atoms with Gasteiger partial charge in [-0.25, -0.2) is 0 Å². The van der Waals surface area contributed by atoms with Crippen molar-refractivity contribution in [1.82, 2.24) is 0 Å². The van der Waals surface area contributed by atoms with Crippen LogP contribution in [0.4, 0.5) is 0 Å². The van der Waals surface area contributed by atoms with Gasteiger partial charge in [0.1, 0.15) is 0 Å². The van der Waals surface area contributed by atoms with Crippen LogP contribution in [0.15, 0.2) is 96.1 Å². The van der Waals surface area contributed by atoms with Gasteiger partial charge in [0.15, 0.2) is 0 Å². The molecule has 0 amide bonds. The molecule has 0 saturated carbocycles. The van der Waals surface area contributed by atoms with Crippen LogP contribution in [0.3, 0.4) is 0 Å². The van der Waals surface area contributed by atoms with Gasteiger partial charge in [0.05, 0.1) is 0 Å². The summed E-state index contributed by atoms with van der Waals surface area (Å²) in [6, 6.07) is 32.5. The molecule has 2 atom stereocenters. The quantitative estimate of drug-likeness (QED) is 0.156. The van der Waals surface area contributed by atoms with Crippen LogP contribution in [0.1, 0.15) is 49.8 Å². The first-order chi connectivity index (χ1) is 22.0. The van der Waals surface area contributed by atoms with E-state index in [-0.39, 0.29) is 7.25 Å². The van der Waals surface area contributed by atoms with Gasteiger partial charge in [-0.05, 0) is 0 Å². The number of benzene rings is 4. The second kappa shape index (κ2) is 12.4. The topological polar surface area (TPSA) is 0 Å². The van der Waals surface area contributed by atoms with Crippen LogP contribution in [0.5, 0.6) is 0 Å². The third kappa shape index (κ3) is 5.91. The molecule has 0 fully saturated rings. The summed E-state index contributed by atoms with van der Waals surface area (Å²) in [5, 5.41) is 2.98. The van der Waals surface area contributed by atoms with Crippen LogP contribution in [0, 0.1) is 0 Å². The molecule has 0 nitrogen and oxygen atoms in total. The van der Waals surface area contributed by atoms with Crippen molar-refractivity contribution in [3.63, 3.8) is 0 Å². The summed E-state index contributed by atoms with van der Waals surface area (Å²) in [7, 11) is 14.4. The molecule has 6 rings (SSSR count). The predicted molar refractivity (Wildman–Crippen MR) is 218 cm³/mol. The summed E-state index contributed by atoms with van der Waals surface area (Å²) in [5.74, 6) is -1.59. The van der Waals surface area contributed by atoms with Crippen molar-refractivity contribution in [3.8, 4) is 22.3 Å². The summed E-state index contributed by atoms with van der Waals surface area (Å²) in [5.41, 5.74) is 13.3. The van der Waals surface area contributed by atoms with Gasteiger partial charge in [-0.3, -0.25) is 0 Å². The van der Waals surface area contributed by atoms with Gasteiger partial charge in [-0.1, -0.05) is 0 Å². The zero-order valence-electron chi connectivity index (χ0n) is 29.9. The van der Waals surface area contributed by atoms with E-state index < -0.39 is 37.6 Å². The van der Waals surface area contributed by atoms with Crippen LogP contribution < -0.4 is 10.4 Å². The summed E-state index contributed by atoms with van der Waals surface area (Å²) >= 11 is -4.75. The first kappa shape index (κ1) is 35.3. The number of fused-ring (bicyclic) bond motifs is 2. The number of halogens is 2. The van der Waals surface area contributed by atoms with Crippen molar-refractivity contribution in [2.75, 3.05) is 0 Å². The average Bonchev–Trinajstić information content (AvgIpc) is 3.58. The second-order valence-electron chi connectivity index (χ2n) is 16.5. The molecule has 0 heterocycles. The van der Waals surface area contributed by atoms with Crippen molar-refractivity contribution in [1.29, 1.82) is 0 Å². The molecular weight excluding hydrogens is 739 g/mol. The summed E-state index contributed by atoms with van der Waals surface area (Å²) < 4.78 is 0.222. The van der Waals surface area contributed by atoms with Gasteiger partial charge < -0.3 is 0 Å². The van der Waals surface area contributed by atoms with Crippen molar-refractivity contribution in [3.05, 3.63) is 118 Å². The first-order valence-corrected chi connectivity index (χ1v) is 40.7. The van der Waals surface area contributed by atoms with E-state index >= 15 is 0 Å². The van der Waals surface area contributed by atoms with Gasteiger partial charge in [0.25, 0.3) is 0 Å². The molecule has 0 N–H and O–H groups in total. The normalized spacial score (nSPS) is 18.8. The average molecular weight is 790 g/mol. The Labute approximate surface area is 295 Å². The van der Waals surface area contributed by atoms with E-state index in [9.17, 15) is 0 Å². The molecule has 0 spiro atoms. The van der Waals surface area contributed by atoms with E-state index in [2.05, 4.69) is 163 Å². The Balaban J connectivity index is 1.49. The second-order valence-corrected chi connectivity index (χ2v) is 69.1. The molecule has 0 bridgehead atoms. The maximum atomic E-state index is 8.57. The molecule has 4 aromatic carbocycles. The van der Waals surface area contributed by atoms with E-state index in [1.54, 1.807) is 0 Å². The molecule has 2 aliphatic carbocycles.